The summed E-state index contributed by atoms with van der Waals surface area (Å²) in [6.45, 7) is 5.12. The van der Waals surface area contributed by atoms with Crippen molar-refractivity contribution in [2.24, 2.45) is 5.41 Å². The summed E-state index contributed by atoms with van der Waals surface area (Å²) in [6.07, 6.45) is 8.65. The van der Waals surface area contributed by atoms with E-state index in [9.17, 15) is 19.1 Å². The fourth-order valence-electron chi connectivity index (χ4n) is 3.09. The molecule has 0 radical (unpaired) electrons. The Hall–Kier alpha value is -2.50. The Morgan fingerprint density at radius 2 is 1.96 bits per heavy atom. The van der Waals surface area contributed by atoms with Crippen LogP contribution in [0.3, 0.4) is 0 Å². The zero-order valence-corrected chi connectivity index (χ0v) is 16.6. The molecule has 0 aromatic heterocycles. The van der Waals surface area contributed by atoms with Crippen molar-refractivity contribution >= 4 is 29.4 Å². The van der Waals surface area contributed by atoms with E-state index in [1.807, 2.05) is 0 Å². The number of aliphatic carboxylic acids is 1. The molecule has 0 spiro atoms. The average molecular weight is 405 g/mol. The molecule has 6 heteroatoms. The molecule has 28 heavy (non-hydrogen) atoms. The van der Waals surface area contributed by atoms with Crippen molar-refractivity contribution in [1.29, 1.82) is 0 Å². The van der Waals surface area contributed by atoms with E-state index in [1.165, 1.54) is 30.4 Å². The number of carboxylic acids is 1. The Morgan fingerprint density at radius 1 is 1.29 bits per heavy atom. The maximum absolute atomic E-state index is 13.6. The predicted octanol–water partition coefficient (Wildman–Crippen LogP) is 4.74. The van der Waals surface area contributed by atoms with Crippen molar-refractivity contribution in [3.05, 3.63) is 76.1 Å². The number of carboxylic acid groups (broad SMARTS) is 1. The summed E-state index contributed by atoms with van der Waals surface area (Å²) in [6, 6.07) is 4.30. The molecule has 148 valence electrons. The summed E-state index contributed by atoms with van der Waals surface area (Å²) < 4.78 is 13.6. The Labute approximate surface area is 168 Å². The van der Waals surface area contributed by atoms with Gasteiger partial charge in [-0.15, -0.1) is 0 Å². The highest BCUT2D eigenvalue weighted by Crippen LogP contribution is 2.45. The largest absolute Gasteiger partial charge is 0.478 e. The van der Waals surface area contributed by atoms with Crippen LogP contribution in [0, 0.1) is 11.2 Å². The first kappa shape index (κ1) is 21.8. The molecular weight excluding hydrogens is 383 g/mol. The van der Waals surface area contributed by atoms with Crippen LogP contribution in [-0.2, 0) is 9.59 Å². The van der Waals surface area contributed by atoms with Crippen molar-refractivity contribution in [2.75, 3.05) is 0 Å². The van der Waals surface area contributed by atoms with Crippen molar-refractivity contribution in [2.45, 2.75) is 32.8 Å². The normalized spacial score (nSPS) is 22.7. The number of hydrogen-bond donors (Lipinski definition) is 2. The van der Waals surface area contributed by atoms with Gasteiger partial charge in [0.25, 0.3) is 0 Å². The van der Waals surface area contributed by atoms with Crippen molar-refractivity contribution in [3.63, 3.8) is 0 Å². The first-order chi connectivity index (χ1) is 12.9. The number of allylic oxidation sites excluding steroid dienone is 3. The first-order valence-corrected chi connectivity index (χ1v) is 9.03. The summed E-state index contributed by atoms with van der Waals surface area (Å²) in [5.41, 5.74) is -1.05. The third kappa shape index (κ3) is 4.86. The minimum atomic E-state index is -1.52. The van der Waals surface area contributed by atoms with E-state index >= 15 is 0 Å². The number of ketones is 1. The van der Waals surface area contributed by atoms with E-state index in [4.69, 9.17) is 16.7 Å². The maximum Gasteiger partial charge on any atom is 0.328 e. The molecule has 0 unspecified atom stereocenters. The number of benzene rings is 1. The second-order valence-electron chi connectivity index (χ2n) is 7.46. The third-order valence-electron chi connectivity index (χ3n) is 4.74. The van der Waals surface area contributed by atoms with Gasteiger partial charge in [0.05, 0.1) is 5.02 Å². The summed E-state index contributed by atoms with van der Waals surface area (Å²) in [4.78, 5) is 23.0. The Kier molecular flexibility index (Phi) is 6.42. The van der Waals surface area contributed by atoms with E-state index < -0.39 is 22.8 Å². The van der Waals surface area contributed by atoms with Gasteiger partial charge in [0, 0.05) is 17.9 Å². The van der Waals surface area contributed by atoms with Crippen molar-refractivity contribution in [1.82, 2.24) is 0 Å². The minimum Gasteiger partial charge on any atom is -0.478 e. The second kappa shape index (κ2) is 8.25. The van der Waals surface area contributed by atoms with Gasteiger partial charge >= 0.3 is 5.97 Å². The van der Waals surface area contributed by atoms with Gasteiger partial charge in [-0.3, -0.25) is 4.79 Å². The topological polar surface area (TPSA) is 74.6 Å². The number of carbonyl (C=O) groups is 2. The molecule has 0 fully saturated rings. The fraction of sp³-hybridized carbons (Fsp3) is 0.273. The van der Waals surface area contributed by atoms with Crippen LogP contribution < -0.4 is 0 Å². The van der Waals surface area contributed by atoms with Gasteiger partial charge in [0.2, 0.25) is 0 Å². The molecule has 0 bridgehead atoms. The molecule has 2 N–H and O–H groups in total. The highest BCUT2D eigenvalue weighted by molar-refractivity contribution is 6.30. The zero-order valence-electron chi connectivity index (χ0n) is 15.9. The minimum absolute atomic E-state index is 0.00507. The molecule has 0 heterocycles. The van der Waals surface area contributed by atoms with Crippen LogP contribution >= 0.6 is 11.6 Å². The quantitative estimate of drug-likeness (QED) is 0.549. The van der Waals surface area contributed by atoms with Gasteiger partial charge in [0.1, 0.15) is 11.4 Å². The molecule has 0 aliphatic heterocycles. The zero-order chi connectivity index (χ0) is 21.1. The molecule has 0 amide bonds. The SMILES string of the molecule is CC(=C/C(=O)O)/C=C/[C@@]1(O)C(/C=C/c2ccc(Cl)c(F)c2)=CC(=O)CC1(C)C. The third-order valence-corrected chi connectivity index (χ3v) is 5.05. The van der Waals surface area contributed by atoms with Crippen LogP contribution in [0.4, 0.5) is 4.39 Å². The van der Waals surface area contributed by atoms with E-state index in [0.29, 0.717) is 16.7 Å². The Morgan fingerprint density at radius 3 is 2.57 bits per heavy atom. The van der Waals surface area contributed by atoms with Crippen LogP contribution in [0.25, 0.3) is 6.08 Å². The Balaban J connectivity index is 2.46. The van der Waals surface area contributed by atoms with Gasteiger partial charge < -0.3 is 10.2 Å². The summed E-state index contributed by atoms with van der Waals surface area (Å²) in [7, 11) is 0. The molecule has 0 saturated heterocycles. The van der Waals surface area contributed by atoms with E-state index in [1.54, 1.807) is 39.0 Å². The second-order valence-corrected chi connectivity index (χ2v) is 7.87. The average Bonchev–Trinajstić information content (AvgIpc) is 2.57. The predicted molar refractivity (Wildman–Crippen MR) is 107 cm³/mol. The van der Waals surface area contributed by atoms with Crippen LogP contribution in [0.15, 0.2) is 59.7 Å². The molecule has 1 aromatic rings. The smallest absolute Gasteiger partial charge is 0.328 e. The highest BCUT2D eigenvalue weighted by atomic mass is 35.5. The lowest BCUT2D eigenvalue weighted by molar-refractivity contribution is -0.131. The molecular formula is C22H22ClFO4. The summed E-state index contributed by atoms with van der Waals surface area (Å²) in [5.74, 6) is -1.79. The molecule has 4 nitrogen and oxygen atoms in total. The van der Waals surface area contributed by atoms with Gasteiger partial charge in [0.15, 0.2) is 5.78 Å². The lowest BCUT2D eigenvalue weighted by Crippen LogP contribution is -2.48. The molecule has 1 aliphatic rings. The number of carbonyl (C=O) groups excluding carboxylic acids is 1. The number of hydrogen-bond acceptors (Lipinski definition) is 3. The van der Waals surface area contributed by atoms with E-state index in [2.05, 4.69) is 0 Å². The molecule has 1 aromatic carbocycles. The monoisotopic (exact) mass is 404 g/mol. The van der Waals surface area contributed by atoms with E-state index in [-0.39, 0.29) is 17.2 Å². The van der Waals surface area contributed by atoms with Gasteiger partial charge in [-0.25, -0.2) is 9.18 Å². The van der Waals surface area contributed by atoms with Crippen LogP contribution in [-0.4, -0.2) is 27.6 Å². The lowest BCUT2D eigenvalue weighted by atomic mass is 9.64. The molecule has 2 rings (SSSR count). The first-order valence-electron chi connectivity index (χ1n) is 8.65. The number of halogens is 2. The molecule has 0 saturated carbocycles. The fourth-order valence-corrected chi connectivity index (χ4v) is 3.21. The van der Waals surface area contributed by atoms with Gasteiger partial charge in [-0.1, -0.05) is 49.7 Å². The summed E-state index contributed by atoms with van der Waals surface area (Å²) >= 11 is 5.69. The van der Waals surface area contributed by atoms with Crippen molar-refractivity contribution in [3.8, 4) is 0 Å². The Bertz CT molecular complexity index is 924. The van der Waals surface area contributed by atoms with Crippen molar-refractivity contribution < 1.29 is 24.2 Å². The molecule has 1 aliphatic carbocycles. The number of rotatable bonds is 5. The lowest BCUT2D eigenvalue weighted by Gasteiger charge is -2.44. The van der Waals surface area contributed by atoms with Crippen LogP contribution in [0.2, 0.25) is 5.02 Å². The van der Waals surface area contributed by atoms with Gasteiger partial charge in [-0.05, 0) is 47.9 Å². The van der Waals surface area contributed by atoms with Crippen LogP contribution in [0.5, 0.6) is 0 Å². The standard InChI is InChI=1S/C22H22ClFO4/c1-14(10-20(26)27)8-9-22(28)16(12-17(25)13-21(22,2)3)6-4-15-5-7-18(23)19(24)11-15/h4-12,28H,13H2,1-3H3,(H,26,27)/b6-4+,9-8+,14-10-/t22-/m1/s1. The highest BCUT2D eigenvalue weighted by Gasteiger charge is 2.47. The number of aliphatic hydroxyl groups is 1. The summed E-state index contributed by atoms with van der Waals surface area (Å²) in [5, 5.41) is 20.3. The van der Waals surface area contributed by atoms with E-state index in [0.717, 1.165) is 6.08 Å². The molecule has 1 atom stereocenters. The maximum atomic E-state index is 13.6. The van der Waals surface area contributed by atoms with Crippen LogP contribution in [0.1, 0.15) is 32.8 Å². The van der Waals surface area contributed by atoms with Gasteiger partial charge in [-0.2, -0.15) is 0 Å².